The van der Waals surface area contributed by atoms with Crippen molar-refractivity contribution in [3.8, 4) is 11.1 Å². The number of benzene rings is 4. The van der Waals surface area contributed by atoms with E-state index in [0.29, 0.717) is 17.1 Å². The molecule has 4 rings (SSSR count). The predicted octanol–water partition coefficient (Wildman–Crippen LogP) is 5.15. The van der Waals surface area contributed by atoms with Crippen molar-refractivity contribution in [3.63, 3.8) is 0 Å². The fraction of sp³-hybridized carbons (Fsp3) is 0.0400. The lowest BCUT2D eigenvalue weighted by Crippen LogP contribution is -2.05. The van der Waals surface area contributed by atoms with Crippen LogP contribution in [-0.4, -0.2) is 25.9 Å². The molecule has 0 amide bonds. The number of hydrogen-bond acceptors (Lipinski definition) is 12. The first kappa shape index (κ1) is 29.1. The lowest BCUT2D eigenvalue weighted by atomic mass is 9.99. The maximum absolute atomic E-state index is 12.4. The Morgan fingerprint density at radius 3 is 1.54 bits per heavy atom. The average molecular weight is 597 g/mol. The van der Waals surface area contributed by atoms with Crippen LogP contribution in [0.2, 0.25) is 0 Å². The number of nitrogens with zero attached hydrogens (tertiary/aromatic N) is 4. The molecule has 0 spiro atoms. The van der Waals surface area contributed by atoms with E-state index in [0.717, 1.165) is 6.07 Å². The Morgan fingerprint density at radius 1 is 0.585 bits per heavy atom. The van der Waals surface area contributed by atoms with Crippen molar-refractivity contribution in [2.24, 2.45) is 20.5 Å². The largest absolute Gasteiger partial charge is 0.399 e. The normalized spacial score (nSPS) is 12.3. The van der Waals surface area contributed by atoms with E-state index >= 15 is 0 Å². The molecule has 0 saturated heterocycles. The first-order valence-electron chi connectivity index (χ1n) is 11.5. The van der Waals surface area contributed by atoms with Crippen LogP contribution in [0.1, 0.15) is 5.56 Å². The molecule has 0 heterocycles. The van der Waals surface area contributed by atoms with Gasteiger partial charge in [-0.1, -0.05) is 12.1 Å². The minimum Gasteiger partial charge on any atom is -0.399 e. The Hall–Kier alpha value is -4.90. The molecule has 0 aromatic heterocycles. The fourth-order valence-electron chi connectivity index (χ4n) is 3.78. The standard InChI is InChI=1S/C25H24N8O6S2/c26-15-1-7-23(21(28)10-15)32-30-17-3-5-19(14(9-17)13-40(34,35)36)20-6-4-18(12-25(20)41(37,38)39)31-33-24-8-2-16(27)11-22(24)29/h1-12H,13,26-29H2,(H,34,35,36)(H,37,38,39). The van der Waals surface area contributed by atoms with Gasteiger partial charge >= 0.3 is 0 Å². The summed E-state index contributed by atoms with van der Waals surface area (Å²) in [7, 11) is -9.43. The zero-order valence-corrected chi connectivity index (χ0v) is 22.7. The Balaban J connectivity index is 1.79. The molecular weight excluding hydrogens is 572 g/mol. The summed E-state index contributed by atoms with van der Waals surface area (Å²) in [6.07, 6.45) is 0. The highest BCUT2D eigenvalue weighted by Crippen LogP contribution is 2.37. The van der Waals surface area contributed by atoms with E-state index in [4.69, 9.17) is 22.9 Å². The molecule has 0 radical (unpaired) electrons. The molecule has 0 saturated carbocycles. The Kier molecular flexibility index (Phi) is 8.02. The summed E-state index contributed by atoms with van der Waals surface area (Å²) in [6, 6.07) is 17.0. The molecule has 10 N–H and O–H groups in total. The van der Waals surface area contributed by atoms with E-state index in [1.807, 2.05) is 0 Å². The van der Waals surface area contributed by atoms with Crippen molar-refractivity contribution in [2.45, 2.75) is 10.6 Å². The number of azo groups is 2. The number of nitrogens with two attached hydrogens (primary N) is 4. The Bertz CT molecular complexity index is 1930. The van der Waals surface area contributed by atoms with E-state index in [-0.39, 0.29) is 45.1 Å². The minimum atomic E-state index is -4.85. The molecule has 4 aromatic rings. The molecule has 0 atom stereocenters. The molecule has 41 heavy (non-hydrogen) atoms. The van der Waals surface area contributed by atoms with Gasteiger partial charge in [0.25, 0.3) is 20.2 Å². The van der Waals surface area contributed by atoms with Gasteiger partial charge in [0.05, 0.1) is 22.7 Å². The van der Waals surface area contributed by atoms with Crippen LogP contribution in [-0.2, 0) is 26.0 Å². The summed E-state index contributed by atoms with van der Waals surface area (Å²) >= 11 is 0. The number of nitrogen functional groups attached to an aromatic ring is 4. The highest BCUT2D eigenvalue weighted by Gasteiger charge is 2.22. The maximum atomic E-state index is 12.4. The topological polar surface area (TPSA) is 262 Å². The van der Waals surface area contributed by atoms with E-state index in [2.05, 4.69) is 20.5 Å². The molecule has 0 bridgehead atoms. The van der Waals surface area contributed by atoms with Gasteiger partial charge in [0, 0.05) is 16.9 Å². The van der Waals surface area contributed by atoms with E-state index in [1.165, 1.54) is 48.5 Å². The summed E-state index contributed by atoms with van der Waals surface area (Å²) in [5, 5.41) is 16.1. The number of rotatable bonds is 8. The van der Waals surface area contributed by atoms with Gasteiger partial charge in [-0.15, -0.1) is 10.2 Å². The second-order valence-electron chi connectivity index (χ2n) is 8.76. The lowest BCUT2D eigenvalue weighted by Gasteiger charge is -2.13. The molecule has 212 valence electrons. The molecule has 0 unspecified atom stereocenters. The quantitative estimate of drug-likeness (QED) is 0.0884. The highest BCUT2D eigenvalue weighted by atomic mass is 32.2. The first-order chi connectivity index (χ1) is 19.2. The van der Waals surface area contributed by atoms with Crippen molar-refractivity contribution in [2.75, 3.05) is 22.9 Å². The van der Waals surface area contributed by atoms with E-state index in [9.17, 15) is 25.9 Å². The average Bonchev–Trinajstić information content (AvgIpc) is 2.86. The van der Waals surface area contributed by atoms with Crippen molar-refractivity contribution in [1.82, 2.24) is 0 Å². The SMILES string of the molecule is Nc1ccc(N=Nc2ccc(-c3ccc(N=Nc4ccc(N)cc4N)cc3S(=O)(=O)O)c(CS(=O)(=O)O)c2)c(N)c1. The van der Waals surface area contributed by atoms with Crippen LogP contribution in [0.3, 0.4) is 0 Å². The molecule has 0 aliphatic heterocycles. The van der Waals surface area contributed by atoms with Crippen LogP contribution in [0.25, 0.3) is 11.1 Å². The van der Waals surface area contributed by atoms with Crippen LogP contribution in [0.15, 0.2) is 98.1 Å². The van der Waals surface area contributed by atoms with Crippen molar-refractivity contribution >= 4 is 65.7 Å². The highest BCUT2D eigenvalue weighted by molar-refractivity contribution is 7.86. The summed E-state index contributed by atoms with van der Waals surface area (Å²) in [5.74, 6) is -0.890. The van der Waals surface area contributed by atoms with Crippen molar-refractivity contribution in [1.29, 1.82) is 0 Å². The maximum Gasteiger partial charge on any atom is 0.295 e. The molecule has 0 aliphatic rings. The molecular formula is C25H24N8O6S2. The monoisotopic (exact) mass is 596 g/mol. The number of anilines is 4. The molecule has 16 heteroatoms. The molecule has 14 nitrogen and oxygen atoms in total. The van der Waals surface area contributed by atoms with Crippen LogP contribution in [0, 0.1) is 0 Å². The molecule has 0 aliphatic carbocycles. The van der Waals surface area contributed by atoms with Gasteiger partial charge in [0.15, 0.2) is 0 Å². The smallest absolute Gasteiger partial charge is 0.295 e. The van der Waals surface area contributed by atoms with E-state index < -0.39 is 30.9 Å². The summed E-state index contributed by atoms with van der Waals surface area (Å²) in [5.41, 5.74) is 25.2. The summed E-state index contributed by atoms with van der Waals surface area (Å²) in [4.78, 5) is -0.583. The van der Waals surface area contributed by atoms with Gasteiger partial charge in [-0.3, -0.25) is 9.11 Å². The zero-order valence-electron chi connectivity index (χ0n) is 21.1. The van der Waals surface area contributed by atoms with Crippen LogP contribution >= 0.6 is 0 Å². The predicted molar refractivity (Wildman–Crippen MR) is 156 cm³/mol. The molecule has 0 fully saturated rings. The van der Waals surface area contributed by atoms with Gasteiger partial charge in [0.2, 0.25) is 0 Å². The number of hydrogen-bond donors (Lipinski definition) is 6. The zero-order chi connectivity index (χ0) is 29.9. The Labute approximate surface area is 234 Å². The summed E-state index contributed by atoms with van der Waals surface area (Å²) < 4.78 is 67.9. The molecule has 4 aromatic carbocycles. The third-order valence-electron chi connectivity index (χ3n) is 5.61. The van der Waals surface area contributed by atoms with Crippen LogP contribution < -0.4 is 22.9 Å². The van der Waals surface area contributed by atoms with Gasteiger partial charge in [-0.25, -0.2) is 0 Å². The van der Waals surface area contributed by atoms with Crippen molar-refractivity contribution in [3.05, 3.63) is 78.4 Å². The lowest BCUT2D eigenvalue weighted by molar-refractivity contribution is 0.481. The van der Waals surface area contributed by atoms with Gasteiger partial charge in [-0.2, -0.15) is 27.1 Å². The third-order valence-corrected chi connectivity index (χ3v) is 7.18. The van der Waals surface area contributed by atoms with Gasteiger partial charge < -0.3 is 22.9 Å². The van der Waals surface area contributed by atoms with Gasteiger partial charge in [0.1, 0.15) is 22.0 Å². The van der Waals surface area contributed by atoms with E-state index in [1.54, 1.807) is 18.2 Å². The van der Waals surface area contributed by atoms with Gasteiger partial charge in [-0.05, 0) is 71.8 Å². The van der Waals surface area contributed by atoms with Crippen LogP contribution in [0.5, 0.6) is 0 Å². The van der Waals surface area contributed by atoms with Crippen LogP contribution in [0.4, 0.5) is 45.5 Å². The second-order valence-corrected chi connectivity index (χ2v) is 11.6. The summed E-state index contributed by atoms with van der Waals surface area (Å²) in [6.45, 7) is 0. The second kappa shape index (κ2) is 11.3. The first-order valence-corrected chi connectivity index (χ1v) is 14.6. The van der Waals surface area contributed by atoms with Crippen molar-refractivity contribution < 1.29 is 25.9 Å². The fourth-order valence-corrected chi connectivity index (χ4v) is 5.14. The Morgan fingerprint density at radius 2 is 1.07 bits per heavy atom. The third kappa shape index (κ3) is 7.40. The minimum absolute atomic E-state index is 0.0249.